The van der Waals surface area contributed by atoms with Gasteiger partial charge in [-0.2, -0.15) is 0 Å². The highest BCUT2D eigenvalue weighted by molar-refractivity contribution is 5.85. The van der Waals surface area contributed by atoms with Gasteiger partial charge in [0.05, 0.1) is 12.2 Å². The van der Waals surface area contributed by atoms with E-state index in [-0.39, 0.29) is 31.0 Å². The minimum atomic E-state index is -0.720. The first-order valence-corrected chi connectivity index (χ1v) is 8.46. The number of carbonyl (C=O) groups is 1. The number of benzene rings is 1. The van der Waals surface area contributed by atoms with E-state index in [0.29, 0.717) is 12.3 Å². The van der Waals surface area contributed by atoms with Crippen LogP contribution in [0.4, 0.5) is 0 Å². The molecule has 0 aliphatic carbocycles. The molecule has 2 unspecified atom stereocenters. The van der Waals surface area contributed by atoms with E-state index < -0.39 is 6.10 Å². The van der Waals surface area contributed by atoms with Crippen LogP contribution in [0.25, 0.3) is 0 Å². The number of halogens is 1. The summed E-state index contributed by atoms with van der Waals surface area (Å²) in [5.41, 5.74) is 0.753. The van der Waals surface area contributed by atoms with Crippen LogP contribution < -0.4 is 15.4 Å². The molecule has 1 fully saturated rings. The summed E-state index contributed by atoms with van der Waals surface area (Å²) in [6.07, 6.45) is 1.95. The number of ether oxygens (including phenoxy) is 1. The average Bonchev–Trinajstić information content (AvgIpc) is 3.03. The van der Waals surface area contributed by atoms with E-state index in [2.05, 4.69) is 10.6 Å². The molecule has 0 bridgehead atoms. The lowest BCUT2D eigenvalue weighted by molar-refractivity contribution is -0.121. The molecule has 1 heterocycles. The van der Waals surface area contributed by atoms with Gasteiger partial charge in [0.1, 0.15) is 5.75 Å². The summed E-state index contributed by atoms with van der Waals surface area (Å²) < 4.78 is 5.62. The van der Waals surface area contributed by atoms with E-state index in [1.54, 1.807) is 0 Å². The summed E-state index contributed by atoms with van der Waals surface area (Å²) >= 11 is 0. The first-order valence-electron chi connectivity index (χ1n) is 8.46. The maximum atomic E-state index is 11.9. The second-order valence-electron chi connectivity index (χ2n) is 6.46. The van der Waals surface area contributed by atoms with Crippen molar-refractivity contribution in [1.82, 2.24) is 10.6 Å². The van der Waals surface area contributed by atoms with Gasteiger partial charge in [0.25, 0.3) is 0 Å². The molecule has 2 atom stereocenters. The first kappa shape index (κ1) is 20.7. The Morgan fingerprint density at radius 2 is 2.25 bits per heavy atom. The van der Waals surface area contributed by atoms with Gasteiger partial charge in [-0.1, -0.05) is 12.1 Å². The largest absolute Gasteiger partial charge is 0.491 e. The molecule has 1 amide bonds. The summed E-state index contributed by atoms with van der Waals surface area (Å²) in [6, 6.07) is 7.38. The Bertz CT molecular complexity index is 505. The highest BCUT2D eigenvalue weighted by Crippen LogP contribution is 2.20. The van der Waals surface area contributed by atoms with Crippen molar-refractivity contribution in [2.24, 2.45) is 5.92 Å². The third-order valence-corrected chi connectivity index (χ3v) is 4.05. The van der Waals surface area contributed by atoms with Crippen molar-refractivity contribution in [3.8, 4) is 5.75 Å². The number of carbonyl (C=O) groups excluding carboxylic acids is 1. The molecule has 5 nitrogen and oxygen atoms in total. The van der Waals surface area contributed by atoms with Crippen LogP contribution in [-0.2, 0) is 4.79 Å². The number of nitrogens with one attached hydrogen (secondary N) is 2. The van der Waals surface area contributed by atoms with E-state index in [4.69, 9.17) is 4.74 Å². The molecule has 1 aromatic carbocycles. The van der Waals surface area contributed by atoms with Crippen molar-refractivity contribution in [1.29, 1.82) is 0 Å². The topological polar surface area (TPSA) is 70.6 Å². The SMILES string of the molecule is CC(C)Oc1cccc(C(O)CNC(=O)CCC2CCNC2)c1.Cl. The third-order valence-electron chi connectivity index (χ3n) is 4.05. The Morgan fingerprint density at radius 1 is 1.46 bits per heavy atom. The molecular weight excluding hydrogens is 328 g/mol. The number of aliphatic hydroxyl groups is 1. The Hall–Kier alpha value is -1.30. The normalized spacial score (nSPS) is 18.1. The Labute approximate surface area is 150 Å². The van der Waals surface area contributed by atoms with Gasteiger partial charge in [-0.05, 0) is 63.4 Å². The van der Waals surface area contributed by atoms with Crippen LogP contribution in [0.1, 0.15) is 44.8 Å². The van der Waals surface area contributed by atoms with Crippen LogP contribution in [-0.4, -0.2) is 36.8 Å². The summed E-state index contributed by atoms with van der Waals surface area (Å²) in [7, 11) is 0. The van der Waals surface area contributed by atoms with Crippen molar-refractivity contribution in [2.45, 2.75) is 45.3 Å². The van der Waals surface area contributed by atoms with Crippen LogP contribution in [0.3, 0.4) is 0 Å². The fourth-order valence-corrected chi connectivity index (χ4v) is 2.78. The van der Waals surface area contributed by atoms with Gasteiger partial charge in [0, 0.05) is 13.0 Å². The van der Waals surface area contributed by atoms with Gasteiger partial charge in [0.15, 0.2) is 0 Å². The smallest absolute Gasteiger partial charge is 0.220 e. The molecular formula is C18H29ClN2O3. The highest BCUT2D eigenvalue weighted by Gasteiger charge is 2.16. The van der Waals surface area contributed by atoms with Crippen molar-refractivity contribution < 1.29 is 14.6 Å². The Morgan fingerprint density at radius 3 is 2.92 bits per heavy atom. The van der Waals surface area contributed by atoms with Crippen LogP contribution in [0.2, 0.25) is 0 Å². The molecule has 1 aromatic rings. The summed E-state index contributed by atoms with van der Waals surface area (Å²) in [6.45, 7) is 6.22. The van der Waals surface area contributed by atoms with Gasteiger partial charge in [0.2, 0.25) is 5.91 Å². The lowest BCUT2D eigenvalue weighted by atomic mass is 10.0. The molecule has 24 heavy (non-hydrogen) atoms. The number of amides is 1. The van der Waals surface area contributed by atoms with Crippen molar-refractivity contribution in [3.63, 3.8) is 0 Å². The van der Waals surface area contributed by atoms with Crippen molar-refractivity contribution >= 4 is 18.3 Å². The molecule has 1 saturated heterocycles. The van der Waals surface area contributed by atoms with Gasteiger partial charge < -0.3 is 20.5 Å². The zero-order valence-electron chi connectivity index (χ0n) is 14.5. The van der Waals surface area contributed by atoms with E-state index in [1.807, 2.05) is 38.1 Å². The molecule has 6 heteroatoms. The molecule has 1 aliphatic rings. The zero-order valence-corrected chi connectivity index (χ0v) is 15.3. The Balaban J connectivity index is 0.00000288. The maximum absolute atomic E-state index is 11.9. The minimum Gasteiger partial charge on any atom is -0.491 e. The zero-order chi connectivity index (χ0) is 16.7. The van der Waals surface area contributed by atoms with Crippen LogP contribution in [0.15, 0.2) is 24.3 Å². The lowest BCUT2D eigenvalue weighted by Crippen LogP contribution is -2.28. The first-order chi connectivity index (χ1) is 11.0. The second kappa shape index (κ2) is 10.5. The van der Waals surface area contributed by atoms with Crippen LogP contribution >= 0.6 is 12.4 Å². The molecule has 1 aliphatic heterocycles. The monoisotopic (exact) mass is 356 g/mol. The fourth-order valence-electron chi connectivity index (χ4n) is 2.78. The molecule has 0 saturated carbocycles. The molecule has 0 aromatic heterocycles. The summed E-state index contributed by atoms with van der Waals surface area (Å²) in [5, 5.41) is 16.3. The standard InChI is InChI=1S/C18H28N2O3.ClH/c1-13(2)23-16-5-3-4-15(10-16)17(21)12-20-18(22)7-6-14-8-9-19-11-14;/h3-5,10,13-14,17,19,21H,6-9,11-12H2,1-2H3,(H,20,22);1H. The van der Waals surface area contributed by atoms with Gasteiger partial charge in [-0.3, -0.25) is 4.79 Å². The number of hydrogen-bond acceptors (Lipinski definition) is 4. The lowest BCUT2D eigenvalue weighted by Gasteiger charge is -2.15. The molecule has 2 rings (SSSR count). The van der Waals surface area contributed by atoms with Crippen LogP contribution in [0.5, 0.6) is 5.75 Å². The van der Waals surface area contributed by atoms with E-state index >= 15 is 0 Å². The predicted octanol–water partition coefficient (Wildman–Crippen LogP) is 2.43. The fraction of sp³-hybridized carbons (Fsp3) is 0.611. The minimum absolute atomic E-state index is 0. The third kappa shape index (κ3) is 7.07. The quantitative estimate of drug-likeness (QED) is 0.669. The summed E-state index contributed by atoms with van der Waals surface area (Å²) in [4.78, 5) is 11.9. The molecule has 0 spiro atoms. The maximum Gasteiger partial charge on any atom is 0.220 e. The number of hydrogen-bond donors (Lipinski definition) is 3. The van der Waals surface area contributed by atoms with Crippen molar-refractivity contribution in [3.05, 3.63) is 29.8 Å². The molecule has 136 valence electrons. The molecule has 3 N–H and O–H groups in total. The Kier molecular flexibility index (Phi) is 9.11. The highest BCUT2D eigenvalue weighted by atomic mass is 35.5. The van der Waals surface area contributed by atoms with Gasteiger partial charge >= 0.3 is 0 Å². The van der Waals surface area contributed by atoms with Gasteiger partial charge in [-0.25, -0.2) is 0 Å². The predicted molar refractivity (Wildman–Crippen MR) is 97.6 cm³/mol. The van der Waals surface area contributed by atoms with E-state index in [9.17, 15) is 9.90 Å². The van der Waals surface area contributed by atoms with Crippen molar-refractivity contribution in [2.75, 3.05) is 19.6 Å². The van der Waals surface area contributed by atoms with E-state index in [0.717, 1.165) is 37.2 Å². The number of aliphatic hydroxyl groups excluding tert-OH is 1. The van der Waals surface area contributed by atoms with Crippen LogP contribution in [0, 0.1) is 5.92 Å². The van der Waals surface area contributed by atoms with E-state index in [1.165, 1.54) is 0 Å². The summed E-state index contributed by atoms with van der Waals surface area (Å²) in [5.74, 6) is 1.35. The average molecular weight is 357 g/mol. The van der Waals surface area contributed by atoms with Gasteiger partial charge in [-0.15, -0.1) is 12.4 Å². The molecule has 0 radical (unpaired) electrons. The number of rotatable bonds is 8. The second-order valence-corrected chi connectivity index (χ2v) is 6.46.